The number of benzene rings is 1. The van der Waals surface area contributed by atoms with Crippen LogP contribution < -0.4 is 5.32 Å². The maximum atomic E-state index is 5.86. The number of hydrogen-bond acceptors (Lipinski definition) is 3. The molecule has 1 unspecified atom stereocenters. The molecule has 0 aliphatic carbocycles. The molecule has 1 atom stereocenters. The van der Waals surface area contributed by atoms with Gasteiger partial charge in [-0.2, -0.15) is 11.8 Å². The minimum Gasteiger partial charge on any atom is -0.384 e. The molecule has 1 aliphatic heterocycles. The molecule has 1 aliphatic rings. The van der Waals surface area contributed by atoms with Crippen molar-refractivity contribution in [1.29, 1.82) is 0 Å². The average Bonchev–Trinajstić information content (AvgIpc) is 2.41. The van der Waals surface area contributed by atoms with Gasteiger partial charge in [0.05, 0.1) is 0 Å². The van der Waals surface area contributed by atoms with E-state index in [0.29, 0.717) is 0 Å². The lowest BCUT2D eigenvalue weighted by Gasteiger charge is -2.31. The lowest BCUT2D eigenvalue weighted by atomic mass is 10.3. The third-order valence-electron chi connectivity index (χ3n) is 3.28. The standard InChI is InChI=1S/C14H21ClN2S/c1-2-14-11-17(9-10-18-14)8-7-16-13-5-3-12(15)4-6-13/h3-6,14,16H,2,7-11H2,1H3. The van der Waals surface area contributed by atoms with Crippen molar-refractivity contribution in [3.8, 4) is 0 Å². The summed E-state index contributed by atoms with van der Waals surface area (Å²) < 4.78 is 0. The van der Waals surface area contributed by atoms with Crippen molar-refractivity contribution in [1.82, 2.24) is 4.90 Å². The molecule has 1 fully saturated rings. The number of thioether (sulfide) groups is 1. The maximum absolute atomic E-state index is 5.86. The summed E-state index contributed by atoms with van der Waals surface area (Å²) in [6.45, 7) is 6.88. The Labute approximate surface area is 119 Å². The van der Waals surface area contributed by atoms with Crippen LogP contribution in [0.2, 0.25) is 5.02 Å². The van der Waals surface area contributed by atoms with Gasteiger partial charge in [0.15, 0.2) is 0 Å². The second-order valence-electron chi connectivity index (χ2n) is 4.64. The van der Waals surface area contributed by atoms with Crippen molar-refractivity contribution in [2.45, 2.75) is 18.6 Å². The highest BCUT2D eigenvalue weighted by atomic mass is 35.5. The first-order valence-electron chi connectivity index (χ1n) is 6.61. The zero-order valence-corrected chi connectivity index (χ0v) is 12.4. The molecule has 0 radical (unpaired) electrons. The van der Waals surface area contributed by atoms with E-state index < -0.39 is 0 Å². The first-order chi connectivity index (χ1) is 8.78. The second kappa shape index (κ2) is 7.27. The lowest BCUT2D eigenvalue weighted by molar-refractivity contribution is 0.292. The summed E-state index contributed by atoms with van der Waals surface area (Å²) in [5.74, 6) is 1.28. The van der Waals surface area contributed by atoms with E-state index in [1.165, 1.54) is 25.3 Å². The molecule has 1 heterocycles. The van der Waals surface area contributed by atoms with Gasteiger partial charge in [0.1, 0.15) is 0 Å². The summed E-state index contributed by atoms with van der Waals surface area (Å²) in [4.78, 5) is 2.56. The highest BCUT2D eigenvalue weighted by molar-refractivity contribution is 8.00. The Hall–Kier alpha value is -0.380. The van der Waals surface area contributed by atoms with Crippen LogP contribution in [-0.2, 0) is 0 Å². The third kappa shape index (κ3) is 4.38. The number of nitrogens with zero attached hydrogens (tertiary/aromatic N) is 1. The summed E-state index contributed by atoms with van der Waals surface area (Å²) in [7, 11) is 0. The number of nitrogens with one attached hydrogen (secondary N) is 1. The minimum atomic E-state index is 0.791. The number of rotatable bonds is 5. The van der Waals surface area contributed by atoms with Gasteiger partial charge in [-0.05, 0) is 30.7 Å². The summed E-state index contributed by atoms with van der Waals surface area (Å²) in [5, 5.41) is 5.06. The fourth-order valence-electron chi connectivity index (χ4n) is 2.16. The van der Waals surface area contributed by atoms with Crippen molar-refractivity contribution in [2.75, 3.05) is 37.2 Å². The van der Waals surface area contributed by atoms with Crippen molar-refractivity contribution in [3.05, 3.63) is 29.3 Å². The van der Waals surface area contributed by atoms with Gasteiger partial charge in [0.25, 0.3) is 0 Å². The normalized spacial score (nSPS) is 20.9. The largest absolute Gasteiger partial charge is 0.384 e. The second-order valence-corrected chi connectivity index (χ2v) is 6.48. The molecule has 4 heteroatoms. The van der Waals surface area contributed by atoms with Gasteiger partial charge >= 0.3 is 0 Å². The predicted octanol–water partition coefficient (Wildman–Crippen LogP) is 3.58. The molecule has 0 saturated carbocycles. The summed E-state index contributed by atoms with van der Waals surface area (Å²) in [5.41, 5.74) is 1.15. The molecule has 1 N–H and O–H groups in total. The van der Waals surface area contributed by atoms with E-state index in [1.54, 1.807) is 0 Å². The summed E-state index contributed by atoms with van der Waals surface area (Å²) in [6.07, 6.45) is 1.28. The molecule has 100 valence electrons. The number of anilines is 1. The minimum absolute atomic E-state index is 0.791. The zero-order valence-electron chi connectivity index (χ0n) is 10.9. The van der Waals surface area contributed by atoms with Gasteiger partial charge in [0, 0.05) is 47.9 Å². The van der Waals surface area contributed by atoms with E-state index in [0.717, 1.165) is 29.0 Å². The molecule has 1 aromatic carbocycles. The van der Waals surface area contributed by atoms with Crippen LogP contribution in [0, 0.1) is 0 Å². The smallest absolute Gasteiger partial charge is 0.0407 e. The van der Waals surface area contributed by atoms with Gasteiger partial charge in [-0.25, -0.2) is 0 Å². The van der Waals surface area contributed by atoms with E-state index in [-0.39, 0.29) is 0 Å². The fourth-order valence-corrected chi connectivity index (χ4v) is 3.53. The summed E-state index contributed by atoms with van der Waals surface area (Å²) in [6, 6.07) is 7.91. The number of halogens is 1. The Morgan fingerprint density at radius 3 is 2.89 bits per heavy atom. The van der Waals surface area contributed by atoms with Crippen molar-refractivity contribution < 1.29 is 0 Å². The Kier molecular flexibility index (Phi) is 5.67. The van der Waals surface area contributed by atoms with Gasteiger partial charge in [-0.3, -0.25) is 4.90 Å². The Morgan fingerprint density at radius 2 is 2.17 bits per heavy atom. The Bertz CT molecular complexity index is 355. The molecule has 0 bridgehead atoms. The Balaban J connectivity index is 1.70. The number of hydrogen-bond donors (Lipinski definition) is 1. The first-order valence-corrected chi connectivity index (χ1v) is 8.04. The van der Waals surface area contributed by atoms with Crippen LogP contribution in [0.1, 0.15) is 13.3 Å². The van der Waals surface area contributed by atoms with Crippen molar-refractivity contribution >= 4 is 29.1 Å². The highest BCUT2D eigenvalue weighted by Gasteiger charge is 2.17. The van der Waals surface area contributed by atoms with Gasteiger partial charge in [-0.1, -0.05) is 18.5 Å². The first kappa shape index (κ1) is 14.0. The quantitative estimate of drug-likeness (QED) is 0.890. The monoisotopic (exact) mass is 284 g/mol. The van der Waals surface area contributed by atoms with Crippen LogP contribution in [0.4, 0.5) is 5.69 Å². The van der Waals surface area contributed by atoms with Gasteiger partial charge in [0.2, 0.25) is 0 Å². The third-order valence-corrected chi connectivity index (χ3v) is 4.90. The van der Waals surface area contributed by atoms with Crippen molar-refractivity contribution in [3.63, 3.8) is 0 Å². The van der Waals surface area contributed by atoms with Crippen LogP contribution in [0.15, 0.2) is 24.3 Å². The zero-order chi connectivity index (χ0) is 12.8. The van der Waals surface area contributed by atoms with Gasteiger partial charge < -0.3 is 5.32 Å². The van der Waals surface area contributed by atoms with Crippen LogP contribution >= 0.6 is 23.4 Å². The van der Waals surface area contributed by atoms with Crippen LogP contribution in [0.5, 0.6) is 0 Å². The van der Waals surface area contributed by atoms with E-state index >= 15 is 0 Å². The molecular weight excluding hydrogens is 264 g/mol. The molecular formula is C14H21ClN2S. The van der Waals surface area contributed by atoms with Gasteiger partial charge in [-0.15, -0.1) is 0 Å². The molecule has 18 heavy (non-hydrogen) atoms. The molecule has 1 saturated heterocycles. The highest BCUT2D eigenvalue weighted by Crippen LogP contribution is 2.20. The molecule has 2 nitrogen and oxygen atoms in total. The lowest BCUT2D eigenvalue weighted by Crippen LogP contribution is -2.40. The molecule has 2 rings (SSSR count). The maximum Gasteiger partial charge on any atom is 0.0407 e. The van der Waals surface area contributed by atoms with E-state index in [2.05, 4.69) is 28.9 Å². The molecule has 0 aromatic heterocycles. The SMILES string of the molecule is CCC1CN(CCNc2ccc(Cl)cc2)CCS1. The van der Waals surface area contributed by atoms with Crippen LogP contribution in [0.25, 0.3) is 0 Å². The van der Waals surface area contributed by atoms with E-state index in [1.807, 2.05) is 24.3 Å². The van der Waals surface area contributed by atoms with Crippen molar-refractivity contribution in [2.24, 2.45) is 0 Å². The average molecular weight is 285 g/mol. The molecule has 0 spiro atoms. The summed E-state index contributed by atoms with van der Waals surface area (Å²) >= 11 is 7.98. The van der Waals surface area contributed by atoms with Crippen LogP contribution in [-0.4, -0.2) is 42.1 Å². The molecule has 0 amide bonds. The Morgan fingerprint density at radius 1 is 1.39 bits per heavy atom. The molecule has 1 aromatic rings. The van der Waals surface area contributed by atoms with Crippen LogP contribution in [0.3, 0.4) is 0 Å². The van der Waals surface area contributed by atoms with E-state index in [4.69, 9.17) is 11.6 Å². The fraction of sp³-hybridized carbons (Fsp3) is 0.571. The van der Waals surface area contributed by atoms with E-state index in [9.17, 15) is 0 Å². The predicted molar refractivity (Wildman–Crippen MR) is 82.9 cm³/mol. The topological polar surface area (TPSA) is 15.3 Å².